The smallest absolute Gasteiger partial charge is 0.163 e. The minimum Gasteiger partial charge on any atom is -0.490 e. The van der Waals surface area contributed by atoms with Gasteiger partial charge in [-0.1, -0.05) is 61.2 Å². The lowest BCUT2D eigenvalue weighted by molar-refractivity contribution is 0.269. The molecule has 0 radical (unpaired) electrons. The molecule has 0 aliphatic rings. The van der Waals surface area contributed by atoms with Crippen LogP contribution in [0, 0.1) is 0 Å². The Bertz CT molecular complexity index is 692. The predicted molar refractivity (Wildman–Crippen MR) is 110 cm³/mol. The first-order valence-corrected chi connectivity index (χ1v) is 9.93. The summed E-state index contributed by atoms with van der Waals surface area (Å²) in [5.41, 5.74) is 1.94. The summed E-state index contributed by atoms with van der Waals surface area (Å²) in [5, 5.41) is 4.79. The van der Waals surface area contributed by atoms with Crippen LogP contribution in [0.3, 0.4) is 0 Å². The van der Waals surface area contributed by atoms with Crippen LogP contribution in [0.25, 0.3) is 0 Å². The number of ether oxygens (including phenoxy) is 2. The second-order valence-corrected chi connectivity index (χ2v) is 6.90. The van der Waals surface area contributed by atoms with Crippen molar-refractivity contribution in [3.05, 3.63) is 57.6 Å². The molecule has 142 valence electrons. The zero-order chi connectivity index (χ0) is 18.8. The lowest BCUT2D eigenvalue weighted by Crippen LogP contribution is -2.15. The summed E-state index contributed by atoms with van der Waals surface area (Å²) in [5.74, 6) is 1.33. The van der Waals surface area contributed by atoms with E-state index in [4.69, 9.17) is 32.7 Å². The molecule has 0 atom stereocenters. The lowest BCUT2D eigenvalue weighted by atomic mass is 10.2. The van der Waals surface area contributed by atoms with Crippen LogP contribution in [0.1, 0.15) is 44.2 Å². The van der Waals surface area contributed by atoms with E-state index in [0.717, 1.165) is 17.7 Å². The van der Waals surface area contributed by atoms with Gasteiger partial charge < -0.3 is 14.8 Å². The van der Waals surface area contributed by atoms with Gasteiger partial charge in [-0.05, 0) is 37.6 Å². The van der Waals surface area contributed by atoms with Crippen molar-refractivity contribution < 1.29 is 9.47 Å². The molecule has 0 aromatic heterocycles. The van der Waals surface area contributed by atoms with Gasteiger partial charge in [0.15, 0.2) is 11.5 Å². The van der Waals surface area contributed by atoms with E-state index in [1.54, 1.807) is 0 Å². The Hall–Kier alpha value is -1.42. The second kappa shape index (κ2) is 11.3. The number of nitrogens with one attached hydrogen (secondary N) is 1. The quantitative estimate of drug-likeness (QED) is 0.456. The van der Waals surface area contributed by atoms with Gasteiger partial charge in [0, 0.05) is 28.2 Å². The van der Waals surface area contributed by atoms with E-state index in [0.29, 0.717) is 41.3 Å². The van der Waals surface area contributed by atoms with E-state index < -0.39 is 0 Å². The van der Waals surface area contributed by atoms with E-state index in [2.05, 4.69) is 12.2 Å². The van der Waals surface area contributed by atoms with Crippen molar-refractivity contribution in [1.29, 1.82) is 0 Å². The van der Waals surface area contributed by atoms with Crippen LogP contribution in [0.5, 0.6) is 11.5 Å². The van der Waals surface area contributed by atoms with Crippen molar-refractivity contribution in [1.82, 2.24) is 5.32 Å². The summed E-state index contributed by atoms with van der Waals surface area (Å²) in [6, 6.07) is 11.4. The zero-order valence-corrected chi connectivity index (χ0v) is 17.0. The van der Waals surface area contributed by atoms with Crippen molar-refractivity contribution in [3.63, 3.8) is 0 Å². The summed E-state index contributed by atoms with van der Waals surface area (Å²) in [4.78, 5) is 0. The molecule has 0 aliphatic carbocycles. The first-order chi connectivity index (χ1) is 12.7. The van der Waals surface area contributed by atoms with Crippen molar-refractivity contribution in [2.45, 2.75) is 46.3 Å². The van der Waals surface area contributed by atoms with Crippen molar-refractivity contribution >= 4 is 23.2 Å². The molecule has 26 heavy (non-hydrogen) atoms. The molecule has 0 heterocycles. The fourth-order valence-electron chi connectivity index (χ4n) is 2.59. The Morgan fingerprint density at radius 2 is 1.65 bits per heavy atom. The molecule has 2 rings (SSSR count). The Balaban J connectivity index is 2.06. The van der Waals surface area contributed by atoms with Crippen molar-refractivity contribution in [3.8, 4) is 11.5 Å². The maximum Gasteiger partial charge on any atom is 0.163 e. The Kier molecular flexibility index (Phi) is 9.10. The Labute approximate surface area is 166 Å². The van der Waals surface area contributed by atoms with E-state index in [1.807, 2.05) is 43.3 Å². The van der Waals surface area contributed by atoms with Gasteiger partial charge in [-0.15, -0.1) is 0 Å². The van der Waals surface area contributed by atoms with Gasteiger partial charge >= 0.3 is 0 Å². The molecule has 0 saturated heterocycles. The largest absolute Gasteiger partial charge is 0.490 e. The van der Waals surface area contributed by atoms with Crippen molar-refractivity contribution in [2.75, 3.05) is 13.2 Å². The van der Waals surface area contributed by atoms with Crippen LogP contribution in [-0.4, -0.2) is 13.2 Å². The van der Waals surface area contributed by atoms with Gasteiger partial charge in [-0.3, -0.25) is 0 Å². The molecule has 0 saturated carbocycles. The van der Waals surface area contributed by atoms with Gasteiger partial charge in [-0.25, -0.2) is 0 Å². The highest BCUT2D eigenvalue weighted by Gasteiger charge is 2.12. The first-order valence-electron chi connectivity index (χ1n) is 9.17. The third-order valence-electron chi connectivity index (χ3n) is 4.03. The minimum absolute atomic E-state index is 0.366. The summed E-state index contributed by atoms with van der Waals surface area (Å²) in [6.07, 6.45) is 3.62. The fourth-order valence-corrected chi connectivity index (χ4v) is 3.00. The third kappa shape index (κ3) is 6.39. The second-order valence-electron chi connectivity index (χ2n) is 6.09. The standard InChI is InChI=1S/C21H27Cl2NO2/c1-3-5-8-11-24-14-17-12-20(25-4-2)21(13-19(17)23)26-15-16-9-6-7-10-18(16)22/h6-7,9-10,12-13,24H,3-5,8,11,14-15H2,1-2H3. The molecule has 5 heteroatoms. The molecule has 2 aromatic carbocycles. The number of halogens is 2. The summed E-state index contributed by atoms with van der Waals surface area (Å²) in [6.45, 7) is 6.78. The van der Waals surface area contributed by atoms with Crippen molar-refractivity contribution in [2.24, 2.45) is 0 Å². The maximum absolute atomic E-state index is 6.45. The molecular weight excluding hydrogens is 369 g/mol. The number of hydrogen-bond donors (Lipinski definition) is 1. The lowest BCUT2D eigenvalue weighted by Gasteiger charge is -2.16. The predicted octanol–water partition coefficient (Wildman–Crippen LogP) is 6.25. The molecule has 0 fully saturated rings. The average molecular weight is 396 g/mol. The molecule has 0 aliphatic heterocycles. The minimum atomic E-state index is 0.366. The Morgan fingerprint density at radius 3 is 2.38 bits per heavy atom. The zero-order valence-electron chi connectivity index (χ0n) is 15.5. The summed E-state index contributed by atoms with van der Waals surface area (Å²) in [7, 11) is 0. The van der Waals surface area contributed by atoms with Crippen LogP contribution >= 0.6 is 23.2 Å². The maximum atomic E-state index is 6.45. The van der Waals surface area contributed by atoms with Crippen LogP contribution in [0.4, 0.5) is 0 Å². The van der Waals surface area contributed by atoms with Crippen LogP contribution < -0.4 is 14.8 Å². The highest BCUT2D eigenvalue weighted by Crippen LogP contribution is 2.34. The van der Waals surface area contributed by atoms with E-state index in [-0.39, 0.29) is 0 Å². The van der Waals surface area contributed by atoms with Gasteiger partial charge in [-0.2, -0.15) is 0 Å². The van der Waals surface area contributed by atoms with Crippen LogP contribution in [0.15, 0.2) is 36.4 Å². The molecule has 1 N–H and O–H groups in total. The molecule has 0 spiro atoms. The van der Waals surface area contributed by atoms with Crippen LogP contribution in [0.2, 0.25) is 10.0 Å². The molecule has 0 unspecified atom stereocenters. The highest BCUT2D eigenvalue weighted by molar-refractivity contribution is 6.31. The van der Waals surface area contributed by atoms with Gasteiger partial charge in [0.05, 0.1) is 6.61 Å². The number of unbranched alkanes of at least 4 members (excludes halogenated alkanes) is 2. The normalized spacial score (nSPS) is 10.8. The van der Waals surface area contributed by atoms with Crippen LogP contribution in [-0.2, 0) is 13.2 Å². The molecular formula is C21H27Cl2NO2. The average Bonchev–Trinajstić information content (AvgIpc) is 2.63. The van der Waals surface area contributed by atoms with E-state index >= 15 is 0 Å². The number of hydrogen-bond acceptors (Lipinski definition) is 3. The third-order valence-corrected chi connectivity index (χ3v) is 4.75. The topological polar surface area (TPSA) is 30.5 Å². The molecule has 3 nitrogen and oxygen atoms in total. The monoisotopic (exact) mass is 395 g/mol. The van der Waals surface area contributed by atoms with Gasteiger partial charge in [0.1, 0.15) is 6.61 Å². The van der Waals surface area contributed by atoms with Gasteiger partial charge in [0.2, 0.25) is 0 Å². The highest BCUT2D eigenvalue weighted by atomic mass is 35.5. The summed E-state index contributed by atoms with van der Waals surface area (Å²) < 4.78 is 11.7. The molecule has 0 bridgehead atoms. The molecule has 2 aromatic rings. The summed E-state index contributed by atoms with van der Waals surface area (Å²) >= 11 is 12.6. The molecule has 0 amide bonds. The van der Waals surface area contributed by atoms with E-state index in [1.165, 1.54) is 19.3 Å². The number of benzene rings is 2. The Morgan fingerprint density at radius 1 is 0.885 bits per heavy atom. The van der Waals surface area contributed by atoms with Gasteiger partial charge in [0.25, 0.3) is 0 Å². The first kappa shape index (κ1) is 20.9. The number of rotatable bonds is 11. The van der Waals surface area contributed by atoms with E-state index in [9.17, 15) is 0 Å². The fraction of sp³-hybridized carbons (Fsp3) is 0.429. The SMILES string of the molecule is CCCCCNCc1cc(OCC)c(OCc2ccccc2Cl)cc1Cl.